The third kappa shape index (κ3) is 4.15. The van der Waals surface area contributed by atoms with Crippen LogP contribution in [0.5, 0.6) is 5.88 Å². The van der Waals surface area contributed by atoms with Gasteiger partial charge < -0.3 is 20.1 Å². The second-order valence-corrected chi connectivity index (χ2v) is 9.63. The van der Waals surface area contributed by atoms with Crippen LogP contribution in [0, 0.1) is 5.92 Å². The standard InChI is InChI=1S/C23H29N5O5/c1-13(2)10-27-21-14(3-8-18(29)26-11-16-6-7-17(12-26)33-16)9-24-28(21)23(32)19(22(27)31)20(30)25-15-4-5-15/h3,8-9,13,15-17,32H,4-7,10-12H2,1-2H3,(H,25,30). The van der Waals surface area contributed by atoms with Crippen molar-refractivity contribution in [1.29, 1.82) is 0 Å². The smallest absolute Gasteiger partial charge is 0.270 e. The van der Waals surface area contributed by atoms with E-state index in [1.807, 2.05) is 13.8 Å². The maximum Gasteiger partial charge on any atom is 0.270 e. The minimum Gasteiger partial charge on any atom is -0.492 e. The molecule has 10 nitrogen and oxygen atoms in total. The van der Waals surface area contributed by atoms with Crippen LogP contribution in [0.2, 0.25) is 0 Å². The van der Waals surface area contributed by atoms with E-state index < -0.39 is 17.3 Å². The predicted molar refractivity (Wildman–Crippen MR) is 120 cm³/mol. The van der Waals surface area contributed by atoms with E-state index in [2.05, 4.69) is 10.4 Å². The first-order valence-electron chi connectivity index (χ1n) is 11.6. The molecule has 2 atom stereocenters. The van der Waals surface area contributed by atoms with E-state index in [4.69, 9.17) is 4.74 Å². The third-order valence-electron chi connectivity index (χ3n) is 6.36. The summed E-state index contributed by atoms with van der Waals surface area (Å²) in [6, 6.07) is 0.0445. The molecular weight excluding hydrogens is 426 g/mol. The van der Waals surface area contributed by atoms with Gasteiger partial charge in [0.2, 0.25) is 11.8 Å². The summed E-state index contributed by atoms with van der Waals surface area (Å²) in [5.41, 5.74) is -0.0197. The molecule has 2 aliphatic heterocycles. The van der Waals surface area contributed by atoms with Crippen LogP contribution in [0.1, 0.15) is 55.5 Å². The monoisotopic (exact) mass is 455 g/mol. The lowest BCUT2D eigenvalue weighted by molar-refractivity contribution is -0.134. The van der Waals surface area contributed by atoms with Gasteiger partial charge in [-0.3, -0.25) is 19.0 Å². The molecule has 0 spiro atoms. The lowest BCUT2D eigenvalue weighted by Crippen LogP contribution is -2.45. The van der Waals surface area contributed by atoms with Gasteiger partial charge in [-0.25, -0.2) is 0 Å². The lowest BCUT2D eigenvalue weighted by Gasteiger charge is -2.31. The van der Waals surface area contributed by atoms with E-state index in [9.17, 15) is 19.5 Å². The molecule has 176 valence electrons. The van der Waals surface area contributed by atoms with Crippen LogP contribution < -0.4 is 10.9 Å². The van der Waals surface area contributed by atoms with Gasteiger partial charge in [-0.1, -0.05) is 13.8 Å². The maximum absolute atomic E-state index is 13.3. The van der Waals surface area contributed by atoms with Crippen molar-refractivity contribution in [3.63, 3.8) is 0 Å². The van der Waals surface area contributed by atoms with Gasteiger partial charge in [0.05, 0.1) is 18.4 Å². The number of hydrogen-bond acceptors (Lipinski definition) is 6. The Balaban J connectivity index is 1.50. The molecular formula is C23H29N5O5. The zero-order valence-electron chi connectivity index (χ0n) is 18.9. The molecule has 5 rings (SSSR count). The number of carbonyl (C=O) groups excluding carboxylic acids is 2. The highest BCUT2D eigenvalue weighted by Gasteiger charge is 2.35. The van der Waals surface area contributed by atoms with Crippen molar-refractivity contribution >= 4 is 23.5 Å². The Morgan fingerprint density at radius 1 is 1.24 bits per heavy atom. The summed E-state index contributed by atoms with van der Waals surface area (Å²) < 4.78 is 8.45. The number of aromatic nitrogens is 3. The number of ether oxygens (including phenoxy) is 1. The Kier molecular flexibility index (Phi) is 5.48. The highest BCUT2D eigenvalue weighted by Crippen LogP contribution is 2.27. The van der Waals surface area contributed by atoms with Gasteiger partial charge in [0.25, 0.3) is 11.5 Å². The van der Waals surface area contributed by atoms with Crippen LogP contribution in [0.25, 0.3) is 11.7 Å². The van der Waals surface area contributed by atoms with Gasteiger partial charge in [0.15, 0.2) is 5.56 Å². The van der Waals surface area contributed by atoms with Crippen molar-refractivity contribution in [3.8, 4) is 5.88 Å². The molecule has 1 saturated carbocycles. The molecule has 3 aliphatic rings. The number of nitrogens with one attached hydrogen (secondary N) is 1. The molecule has 2 unspecified atom stereocenters. The van der Waals surface area contributed by atoms with Crippen LogP contribution in [-0.4, -0.2) is 67.3 Å². The van der Waals surface area contributed by atoms with E-state index in [1.54, 1.807) is 11.0 Å². The predicted octanol–water partition coefficient (Wildman–Crippen LogP) is 1.15. The number of likely N-dealkylation sites (tertiary alicyclic amines) is 1. The molecule has 2 bridgehead atoms. The van der Waals surface area contributed by atoms with Gasteiger partial charge in [-0.15, -0.1) is 0 Å². The zero-order chi connectivity index (χ0) is 23.3. The van der Waals surface area contributed by atoms with Gasteiger partial charge in [0.1, 0.15) is 5.65 Å². The average molecular weight is 456 g/mol. The van der Waals surface area contributed by atoms with Crippen LogP contribution in [-0.2, 0) is 16.1 Å². The molecule has 2 N–H and O–H groups in total. The lowest BCUT2D eigenvalue weighted by atomic mass is 10.2. The number of nitrogens with zero attached hydrogens (tertiary/aromatic N) is 4. The van der Waals surface area contributed by atoms with E-state index in [0.717, 1.165) is 25.7 Å². The van der Waals surface area contributed by atoms with Crippen LogP contribution in [0.3, 0.4) is 0 Å². The number of carbonyl (C=O) groups is 2. The summed E-state index contributed by atoms with van der Waals surface area (Å²) in [6.45, 7) is 5.41. The van der Waals surface area contributed by atoms with E-state index in [1.165, 1.54) is 21.4 Å². The normalized spacial score (nSPS) is 22.6. The summed E-state index contributed by atoms with van der Waals surface area (Å²) in [4.78, 5) is 40.5. The Morgan fingerprint density at radius 2 is 1.94 bits per heavy atom. The number of aromatic hydroxyl groups is 1. The van der Waals surface area contributed by atoms with Gasteiger partial charge in [-0.05, 0) is 37.7 Å². The number of hydrogen-bond donors (Lipinski definition) is 2. The fourth-order valence-electron chi connectivity index (χ4n) is 4.61. The summed E-state index contributed by atoms with van der Waals surface area (Å²) in [6.07, 6.45) is 8.46. The quantitative estimate of drug-likeness (QED) is 0.631. The van der Waals surface area contributed by atoms with Gasteiger partial charge in [0, 0.05) is 37.3 Å². The Labute approximate surface area is 190 Å². The summed E-state index contributed by atoms with van der Waals surface area (Å²) in [5, 5.41) is 17.8. The van der Waals surface area contributed by atoms with Crippen LogP contribution in [0.4, 0.5) is 0 Å². The van der Waals surface area contributed by atoms with Crippen molar-refractivity contribution in [2.24, 2.45) is 5.92 Å². The number of morpholine rings is 1. The van der Waals surface area contributed by atoms with Gasteiger partial charge in [-0.2, -0.15) is 9.61 Å². The SMILES string of the molecule is CC(C)Cn1c(=O)c(C(=O)NC2CC2)c(O)n2ncc(C=CC(=O)N3CC4CCC(C3)O4)c12. The molecule has 0 radical (unpaired) electrons. The van der Waals surface area contributed by atoms with Crippen molar-refractivity contribution < 1.29 is 19.4 Å². The topological polar surface area (TPSA) is 118 Å². The van der Waals surface area contributed by atoms with Crippen molar-refractivity contribution in [2.75, 3.05) is 13.1 Å². The van der Waals surface area contributed by atoms with Crippen molar-refractivity contribution in [3.05, 3.63) is 33.8 Å². The fourth-order valence-corrected chi connectivity index (χ4v) is 4.61. The van der Waals surface area contributed by atoms with E-state index in [0.29, 0.717) is 30.8 Å². The van der Waals surface area contributed by atoms with Crippen LogP contribution in [0.15, 0.2) is 17.1 Å². The third-order valence-corrected chi connectivity index (χ3v) is 6.36. The van der Waals surface area contributed by atoms with Crippen molar-refractivity contribution in [1.82, 2.24) is 24.4 Å². The first kappa shape index (κ1) is 21.7. The molecule has 10 heteroatoms. The zero-order valence-corrected chi connectivity index (χ0v) is 18.9. The molecule has 33 heavy (non-hydrogen) atoms. The summed E-state index contributed by atoms with van der Waals surface area (Å²) in [7, 11) is 0. The first-order valence-corrected chi connectivity index (χ1v) is 11.6. The average Bonchev–Trinajstić information content (AvgIpc) is 3.37. The Morgan fingerprint density at radius 3 is 2.58 bits per heavy atom. The largest absolute Gasteiger partial charge is 0.492 e. The van der Waals surface area contributed by atoms with E-state index in [-0.39, 0.29) is 35.6 Å². The molecule has 3 fully saturated rings. The number of rotatable bonds is 6. The highest BCUT2D eigenvalue weighted by molar-refractivity contribution is 5.97. The minimum absolute atomic E-state index is 0.0445. The molecule has 2 aromatic heterocycles. The molecule has 2 saturated heterocycles. The molecule has 4 heterocycles. The molecule has 2 amide bonds. The highest BCUT2D eigenvalue weighted by atomic mass is 16.5. The van der Waals surface area contributed by atoms with Crippen molar-refractivity contribution in [2.45, 2.75) is 64.3 Å². The second kappa shape index (κ2) is 8.33. The summed E-state index contributed by atoms with van der Waals surface area (Å²) in [5.74, 6) is -1.11. The van der Waals surface area contributed by atoms with Crippen LogP contribution >= 0.6 is 0 Å². The Hall–Kier alpha value is -3.14. The minimum atomic E-state index is -0.593. The molecule has 2 aromatic rings. The first-order chi connectivity index (χ1) is 15.8. The number of amides is 2. The fraction of sp³-hybridized carbons (Fsp3) is 0.565. The number of fused-ring (bicyclic) bond motifs is 3. The Bertz CT molecular complexity index is 1180. The van der Waals surface area contributed by atoms with E-state index >= 15 is 0 Å². The van der Waals surface area contributed by atoms with Gasteiger partial charge >= 0.3 is 0 Å². The maximum atomic E-state index is 13.3. The second-order valence-electron chi connectivity index (χ2n) is 9.63. The molecule has 0 aromatic carbocycles. The molecule has 1 aliphatic carbocycles. The summed E-state index contributed by atoms with van der Waals surface area (Å²) >= 11 is 0.